The van der Waals surface area contributed by atoms with E-state index < -0.39 is 0 Å². The molecule has 1 aromatic heterocycles. The number of carbonyl (C=O) groups is 2. The van der Waals surface area contributed by atoms with E-state index in [4.69, 9.17) is 9.47 Å². The summed E-state index contributed by atoms with van der Waals surface area (Å²) in [4.78, 5) is 27.7. The van der Waals surface area contributed by atoms with Gasteiger partial charge in [0.1, 0.15) is 0 Å². The van der Waals surface area contributed by atoms with Crippen LogP contribution >= 0.6 is 11.3 Å². The highest BCUT2D eigenvalue weighted by atomic mass is 32.1. The first-order chi connectivity index (χ1) is 12.8. The standard InChI is InChI=1S/C21H25NO4S/c1-6-25-20-12-16(8-10-19(20)26-13-21(24)22(4)5)7-9-18(23)17-11-14(2)27-15(17)3/h7-12H,6,13H2,1-5H3/b9-7+. The third-order valence-electron chi connectivity index (χ3n) is 3.85. The molecule has 0 unspecified atom stereocenters. The minimum absolute atomic E-state index is 0.0216. The average Bonchev–Trinajstić information content (AvgIpc) is 2.97. The maximum atomic E-state index is 12.4. The van der Waals surface area contributed by atoms with Crippen LogP contribution in [0.25, 0.3) is 6.08 Å². The molecule has 5 nitrogen and oxygen atoms in total. The molecular weight excluding hydrogens is 362 g/mol. The predicted octanol–water partition coefficient (Wildman–Crippen LogP) is 4.13. The minimum Gasteiger partial charge on any atom is -0.490 e. The molecule has 0 aliphatic carbocycles. The van der Waals surface area contributed by atoms with E-state index in [-0.39, 0.29) is 18.3 Å². The normalized spacial score (nSPS) is 10.9. The molecule has 0 N–H and O–H groups in total. The first-order valence-electron chi connectivity index (χ1n) is 8.71. The fraction of sp³-hybridized carbons (Fsp3) is 0.333. The van der Waals surface area contributed by atoms with Crippen molar-refractivity contribution in [1.82, 2.24) is 4.90 Å². The summed E-state index contributed by atoms with van der Waals surface area (Å²) in [5, 5.41) is 0. The molecule has 0 aliphatic rings. The first-order valence-corrected chi connectivity index (χ1v) is 9.52. The average molecular weight is 388 g/mol. The molecule has 1 heterocycles. The second-order valence-corrected chi connectivity index (χ2v) is 7.70. The summed E-state index contributed by atoms with van der Waals surface area (Å²) in [6, 6.07) is 7.29. The number of aryl methyl sites for hydroxylation is 2. The monoisotopic (exact) mass is 387 g/mol. The number of ketones is 1. The Morgan fingerprint density at radius 2 is 1.85 bits per heavy atom. The van der Waals surface area contributed by atoms with Gasteiger partial charge in [0, 0.05) is 29.4 Å². The van der Waals surface area contributed by atoms with Gasteiger partial charge in [-0.2, -0.15) is 0 Å². The van der Waals surface area contributed by atoms with Crippen molar-refractivity contribution in [1.29, 1.82) is 0 Å². The lowest BCUT2D eigenvalue weighted by molar-refractivity contribution is -0.130. The molecule has 0 bridgehead atoms. The van der Waals surface area contributed by atoms with Crippen molar-refractivity contribution in [2.24, 2.45) is 0 Å². The summed E-state index contributed by atoms with van der Waals surface area (Å²) in [7, 11) is 3.35. The molecule has 0 saturated heterocycles. The molecule has 2 rings (SSSR count). The molecule has 1 amide bonds. The second-order valence-electron chi connectivity index (χ2n) is 6.24. The van der Waals surface area contributed by atoms with E-state index in [0.29, 0.717) is 18.1 Å². The van der Waals surface area contributed by atoms with Gasteiger partial charge in [-0.1, -0.05) is 12.1 Å². The largest absolute Gasteiger partial charge is 0.490 e. The Morgan fingerprint density at radius 1 is 1.11 bits per heavy atom. The Morgan fingerprint density at radius 3 is 2.44 bits per heavy atom. The van der Waals surface area contributed by atoms with Gasteiger partial charge in [0.25, 0.3) is 5.91 Å². The Balaban J connectivity index is 2.15. The Labute approximate surface area is 164 Å². The van der Waals surface area contributed by atoms with Crippen molar-refractivity contribution < 1.29 is 19.1 Å². The zero-order chi connectivity index (χ0) is 20.0. The van der Waals surface area contributed by atoms with E-state index in [2.05, 4.69) is 0 Å². The molecule has 6 heteroatoms. The van der Waals surface area contributed by atoms with E-state index >= 15 is 0 Å². The van der Waals surface area contributed by atoms with E-state index in [1.165, 1.54) is 4.90 Å². The van der Waals surface area contributed by atoms with Crippen LogP contribution in [0.2, 0.25) is 0 Å². The fourth-order valence-electron chi connectivity index (χ4n) is 2.42. The van der Waals surface area contributed by atoms with Crippen LogP contribution in [0, 0.1) is 13.8 Å². The molecule has 144 valence electrons. The quantitative estimate of drug-likeness (QED) is 0.505. The highest BCUT2D eigenvalue weighted by Gasteiger charge is 2.11. The van der Waals surface area contributed by atoms with Crippen molar-refractivity contribution in [2.75, 3.05) is 27.3 Å². The Hall–Kier alpha value is -2.60. The molecule has 2 aromatic rings. The molecule has 0 saturated carbocycles. The summed E-state index contributed by atoms with van der Waals surface area (Å²) >= 11 is 1.62. The van der Waals surface area contributed by atoms with Gasteiger partial charge in [-0.25, -0.2) is 0 Å². The van der Waals surface area contributed by atoms with Gasteiger partial charge in [0.2, 0.25) is 0 Å². The van der Waals surface area contributed by atoms with Crippen molar-refractivity contribution in [3.05, 3.63) is 51.2 Å². The number of rotatable bonds is 8. The Kier molecular flexibility index (Phi) is 7.19. The van der Waals surface area contributed by atoms with Gasteiger partial charge >= 0.3 is 0 Å². The third-order valence-corrected chi connectivity index (χ3v) is 4.82. The van der Waals surface area contributed by atoms with Crippen LogP contribution in [-0.2, 0) is 4.79 Å². The number of benzene rings is 1. The number of hydrogen-bond donors (Lipinski definition) is 0. The van der Waals surface area contributed by atoms with Crippen molar-refractivity contribution in [3.63, 3.8) is 0 Å². The van der Waals surface area contributed by atoms with Crippen LogP contribution in [-0.4, -0.2) is 43.9 Å². The van der Waals surface area contributed by atoms with Gasteiger partial charge in [-0.15, -0.1) is 11.3 Å². The minimum atomic E-state index is -0.131. The van der Waals surface area contributed by atoms with E-state index in [9.17, 15) is 9.59 Å². The summed E-state index contributed by atoms with van der Waals surface area (Å²) in [5.41, 5.74) is 1.56. The molecule has 0 radical (unpaired) electrons. The number of hydrogen-bond acceptors (Lipinski definition) is 5. The molecule has 0 fully saturated rings. The number of thiophene rings is 1. The lowest BCUT2D eigenvalue weighted by atomic mass is 10.1. The van der Waals surface area contributed by atoms with E-state index in [0.717, 1.165) is 20.9 Å². The summed E-state index contributed by atoms with van der Waals surface area (Å²) in [5.74, 6) is 0.890. The molecule has 27 heavy (non-hydrogen) atoms. The summed E-state index contributed by atoms with van der Waals surface area (Å²) < 4.78 is 11.2. The molecular formula is C21H25NO4S. The van der Waals surface area contributed by atoms with Crippen molar-refractivity contribution in [3.8, 4) is 11.5 Å². The van der Waals surface area contributed by atoms with Crippen molar-refractivity contribution in [2.45, 2.75) is 20.8 Å². The lowest BCUT2D eigenvalue weighted by Crippen LogP contribution is -2.27. The van der Waals surface area contributed by atoms with Crippen LogP contribution in [0.15, 0.2) is 30.3 Å². The van der Waals surface area contributed by atoms with Gasteiger partial charge in [0.15, 0.2) is 23.9 Å². The van der Waals surface area contributed by atoms with Crippen LogP contribution in [0.1, 0.15) is 32.6 Å². The summed E-state index contributed by atoms with van der Waals surface area (Å²) in [6.45, 7) is 6.23. The number of carbonyl (C=O) groups excluding carboxylic acids is 2. The zero-order valence-electron chi connectivity index (χ0n) is 16.4. The van der Waals surface area contributed by atoms with E-state index in [1.807, 2.05) is 32.9 Å². The van der Waals surface area contributed by atoms with Crippen LogP contribution in [0.3, 0.4) is 0 Å². The first kappa shape index (κ1) is 20.7. The number of allylic oxidation sites excluding steroid dienone is 1. The maximum absolute atomic E-state index is 12.4. The SMILES string of the molecule is CCOc1cc(/C=C/C(=O)c2cc(C)sc2C)ccc1OCC(=O)N(C)C. The lowest BCUT2D eigenvalue weighted by Gasteiger charge is -2.14. The summed E-state index contributed by atoms with van der Waals surface area (Å²) in [6.07, 6.45) is 3.32. The topological polar surface area (TPSA) is 55.8 Å². The number of likely N-dealkylation sites (N-methyl/N-ethyl adjacent to an activating group) is 1. The maximum Gasteiger partial charge on any atom is 0.259 e. The van der Waals surface area contributed by atoms with Crippen LogP contribution in [0.4, 0.5) is 0 Å². The number of nitrogens with zero attached hydrogens (tertiary/aromatic N) is 1. The molecule has 0 spiro atoms. The second kappa shape index (κ2) is 9.37. The van der Waals surface area contributed by atoms with Gasteiger partial charge in [0.05, 0.1) is 6.61 Å². The van der Waals surface area contributed by atoms with Crippen LogP contribution < -0.4 is 9.47 Å². The predicted molar refractivity (Wildman–Crippen MR) is 109 cm³/mol. The number of amides is 1. The van der Waals surface area contributed by atoms with Gasteiger partial charge in [-0.3, -0.25) is 9.59 Å². The zero-order valence-corrected chi connectivity index (χ0v) is 17.2. The fourth-order valence-corrected chi connectivity index (χ4v) is 3.35. The molecule has 1 aromatic carbocycles. The van der Waals surface area contributed by atoms with Crippen LogP contribution in [0.5, 0.6) is 11.5 Å². The number of ether oxygens (including phenoxy) is 2. The highest BCUT2D eigenvalue weighted by molar-refractivity contribution is 7.12. The van der Waals surface area contributed by atoms with Gasteiger partial charge in [-0.05, 0) is 50.6 Å². The Bertz CT molecular complexity index is 852. The highest BCUT2D eigenvalue weighted by Crippen LogP contribution is 2.29. The molecule has 0 aliphatic heterocycles. The van der Waals surface area contributed by atoms with Gasteiger partial charge < -0.3 is 14.4 Å². The van der Waals surface area contributed by atoms with Crippen molar-refractivity contribution >= 4 is 29.1 Å². The third kappa shape index (κ3) is 5.69. The van der Waals surface area contributed by atoms with E-state index in [1.54, 1.807) is 49.7 Å². The smallest absolute Gasteiger partial charge is 0.259 e. The molecule has 0 atom stereocenters.